The molecule has 4 heteroatoms. The first kappa shape index (κ1) is 11.9. The second-order valence-corrected chi connectivity index (χ2v) is 4.59. The molecule has 4 nitrogen and oxygen atoms in total. The van der Waals surface area contributed by atoms with E-state index in [0.717, 1.165) is 12.8 Å². The van der Waals surface area contributed by atoms with E-state index in [9.17, 15) is 4.79 Å². The minimum absolute atomic E-state index is 0.0718. The normalized spacial score (nSPS) is 20.6. The van der Waals surface area contributed by atoms with Gasteiger partial charge in [-0.2, -0.15) is 0 Å². The standard InChI is InChI=1S/C11H19NO3/c1-11(2,3)15-10(13)12-8-9-6-4-5-7-14-9/h5,7,9H,4,6,8H2,1-3H3,(H,12,13). The highest BCUT2D eigenvalue weighted by atomic mass is 16.6. The van der Waals surface area contributed by atoms with Gasteiger partial charge in [0.05, 0.1) is 12.8 Å². The third-order valence-corrected chi connectivity index (χ3v) is 1.90. The van der Waals surface area contributed by atoms with Crippen LogP contribution in [0.4, 0.5) is 4.79 Å². The first-order valence-corrected chi connectivity index (χ1v) is 5.25. The van der Waals surface area contributed by atoms with E-state index < -0.39 is 5.60 Å². The Bertz CT molecular complexity index is 243. The zero-order chi connectivity index (χ0) is 11.3. The molecule has 0 saturated carbocycles. The Morgan fingerprint density at radius 1 is 1.60 bits per heavy atom. The molecule has 0 radical (unpaired) electrons. The van der Waals surface area contributed by atoms with Gasteiger partial charge in [-0.3, -0.25) is 0 Å². The lowest BCUT2D eigenvalue weighted by atomic mass is 10.1. The number of hydrogen-bond donors (Lipinski definition) is 1. The zero-order valence-electron chi connectivity index (χ0n) is 9.58. The highest BCUT2D eigenvalue weighted by Crippen LogP contribution is 2.10. The fourth-order valence-electron chi connectivity index (χ4n) is 1.25. The van der Waals surface area contributed by atoms with Gasteiger partial charge in [0.2, 0.25) is 0 Å². The van der Waals surface area contributed by atoms with E-state index in [0.29, 0.717) is 6.54 Å². The van der Waals surface area contributed by atoms with Gasteiger partial charge in [0.1, 0.15) is 11.7 Å². The summed E-state index contributed by atoms with van der Waals surface area (Å²) in [6.45, 7) is 6.02. The Morgan fingerprint density at radius 2 is 2.33 bits per heavy atom. The Kier molecular flexibility index (Phi) is 4.00. The molecule has 1 amide bonds. The molecule has 1 heterocycles. The van der Waals surface area contributed by atoms with Crippen LogP contribution in [0.1, 0.15) is 33.6 Å². The lowest BCUT2D eigenvalue weighted by molar-refractivity contribution is 0.0473. The van der Waals surface area contributed by atoms with Crippen molar-refractivity contribution in [3.8, 4) is 0 Å². The highest BCUT2D eigenvalue weighted by Gasteiger charge is 2.17. The summed E-state index contributed by atoms with van der Waals surface area (Å²) >= 11 is 0. The monoisotopic (exact) mass is 213 g/mol. The van der Waals surface area contributed by atoms with Crippen molar-refractivity contribution in [1.82, 2.24) is 5.32 Å². The van der Waals surface area contributed by atoms with Gasteiger partial charge in [-0.25, -0.2) is 4.79 Å². The predicted octanol–water partition coefficient (Wildman–Crippen LogP) is 2.20. The van der Waals surface area contributed by atoms with Crippen LogP contribution in [0.2, 0.25) is 0 Å². The molecule has 0 spiro atoms. The summed E-state index contributed by atoms with van der Waals surface area (Å²) in [7, 11) is 0. The van der Waals surface area contributed by atoms with Crippen LogP contribution in [-0.4, -0.2) is 24.3 Å². The molecule has 15 heavy (non-hydrogen) atoms. The van der Waals surface area contributed by atoms with Gasteiger partial charge in [-0.1, -0.05) is 0 Å². The molecule has 0 aliphatic carbocycles. The quantitative estimate of drug-likeness (QED) is 0.765. The molecule has 0 aromatic rings. The minimum atomic E-state index is -0.447. The molecular formula is C11H19NO3. The molecule has 1 atom stereocenters. The summed E-state index contributed by atoms with van der Waals surface area (Å²) < 4.78 is 10.4. The maximum atomic E-state index is 11.3. The first-order chi connectivity index (χ1) is 6.97. The van der Waals surface area contributed by atoms with Crippen LogP contribution in [0, 0.1) is 0 Å². The predicted molar refractivity (Wildman–Crippen MR) is 57.5 cm³/mol. The van der Waals surface area contributed by atoms with Crippen LogP contribution in [0.15, 0.2) is 12.3 Å². The molecule has 0 fully saturated rings. The van der Waals surface area contributed by atoms with Crippen molar-refractivity contribution in [1.29, 1.82) is 0 Å². The maximum Gasteiger partial charge on any atom is 0.407 e. The topological polar surface area (TPSA) is 47.6 Å². The molecule has 1 unspecified atom stereocenters. The summed E-state index contributed by atoms with van der Waals surface area (Å²) in [5.41, 5.74) is -0.447. The van der Waals surface area contributed by atoms with Gasteiger partial charge in [0.15, 0.2) is 0 Å². The lowest BCUT2D eigenvalue weighted by Gasteiger charge is -2.22. The van der Waals surface area contributed by atoms with Gasteiger partial charge >= 0.3 is 6.09 Å². The van der Waals surface area contributed by atoms with Crippen LogP contribution in [0.5, 0.6) is 0 Å². The maximum absolute atomic E-state index is 11.3. The van der Waals surface area contributed by atoms with E-state index in [1.807, 2.05) is 26.8 Å². The van der Waals surface area contributed by atoms with Crippen LogP contribution >= 0.6 is 0 Å². The summed E-state index contributed by atoms with van der Waals surface area (Å²) in [5.74, 6) is 0. The number of ether oxygens (including phenoxy) is 2. The molecule has 1 aliphatic rings. The van der Waals surface area contributed by atoms with E-state index in [-0.39, 0.29) is 12.2 Å². The number of allylic oxidation sites excluding steroid dienone is 1. The van der Waals surface area contributed by atoms with Crippen LogP contribution < -0.4 is 5.32 Å². The summed E-state index contributed by atoms with van der Waals surface area (Å²) in [5, 5.41) is 2.69. The molecule has 0 saturated heterocycles. The van der Waals surface area contributed by atoms with Gasteiger partial charge < -0.3 is 14.8 Å². The molecule has 1 aliphatic heterocycles. The Labute approximate surface area is 90.6 Å². The molecule has 86 valence electrons. The van der Waals surface area contributed by atoms with E-state index in [2.05, 4.69) is 5.32 Å². The van der Waals surface area contributed by atoms with Gasteiger partial charge in [0, 0.05) is 0 Å². The lowest BCUT2D eigenvalue weighted by Crippen LogP contribution is -2.37. The SMILES string of the molecule is CC(C)(C)OC(=O)NCC1CCC=CO1. The summed E-state index contributed by atoms with van der Waals surface area (Å²) in [4.78, 5) is 11.3. The molecule has 1 rings (SSSR count). The molecular weight excluding hydrogens is 194 g/mol. The Balaban J connectivity index is 2.19. The highest BCUT2D eigenvalue weighted by molar-refractivity contribution is 5.67. The fraction of sp³-hybridized carbons (Fsp3) is 0.727. The molecule has 1 N–H and O–H groups in total. The Hall–Kier alpha value is -1.19. The van der Waals surface area contributed by atoms with Crippen LogP contribution in [0.3, 0.4) is 0 Å². The van der Waals surface area contributed by atoms with E-state index in [1.165, 1.54) is 0 Å². The average Bonchev–Trinajstić information content (AvgIpc) is 2.14. The molecule has 0 bridgehead atoms. The number of amides is 1. The van der Waals surface area contributed by atoms with Crippen molar-refractivity contribution in [2.24, 2.45) is 0 Å². The zero-order valence-corrected chi connectivity index (χ0v) is 9.58. The van der Waals surface area contributed by atoms with Crippen LogP contribution in [0.25, 0.3) is 0 Å². The number of rotatable bonds is 2. The first-order valence-electron chi connectivity index (χ1n) is 5.25. The number of alkyl carbamates (subject to hydrolysis) is 1. The van der Waals surface area contributed by atoms with E-state index in [4.69, 9.17) is 9.47 Å². The van der Waals surface area contributed by atoms with Gasteiger partial charge in [-0.15, -0.1) is 0 Å². The molecule has 0 aromatic carbocycles. The minimum Gasteiger partial charge on any atom is -0.497 e. The van der Waals surface area contributed by atoms with Crippen molar-refractivity contribution in [3.05, 3.63) is 12.3 Å². The average molecular weight is 213 g/mol. The largest absolute Gasteiger partial charge is 0.497 e. The number of nitrogens with one attached hydrogen (secondary N) is 1. The summed E-state index contributed by atoms with van der Waals surface area (Å²) in [6, 6.07) is 0. The van der Waals surface area contributed by atoms with Crippen molar-refractivity contribution in [3.63, 3.8) is 0 Å². The smallest absolute Gasteiger partial charge is 0.407 e. The van der Waals surface area contributed by atoms with Gasteiger partial charge in [-0.05, 0) is 39.7 Å². The van der Waals surface area contributed by atoms with E-state index in [1.54, 1.807) is 6.26 Å². The second kappa shape index (κ2) is 5.05. The van der Waals surface area contributed by atoms with Crippen LogP contribution in [-0.2, 0) is 9.47 Å². The number of carbonyl (C=O) groups is 1. The number of hydrogen-bond acceptors (Lipinski definition) is 3. The fourth-order valence-corrected chi connectivity index (χ4v) is 1.25. The summed E-state index contributed by atoms with van der Waals surface area (Å²) in [6.07, 6.45) is 5.28. The van der Waals surface area contributed by atoms with Crippen molar-refractivity contribution in [2.75, 3.05) is 6.54 Å². The van der Waals surface area contributed by atoms with Gasteiger partial charge in [0.25, 0.3) is 0 Å². The Morgan fingerprint density at radius 3 is 2.87 bits per heavy atom. The van der Waals surface area contributed by atoms with Crippen molar-refractivity contribution >= 4 is 6.09 Å². The van der Waals surface area contributed by atoms with Crippen molar-refractivity contribution < 1.29 is 14.3 Å². The third kappa shape index (κ3) is 5.30. The third-order valence-electron chi connectivity index (χ3n) is 1.90. The second-order valence-electron chi connectivity index (χ2n) is 4.59. The van der Waals surface area contributed by atoms with E-state index >= 15 is 0 Å². The molecule has 0 aromatic heterocycles. The van der Waals surface area contributed by atoms with Crippen molar-refractivity contribution in [2.45, 2.75) is 45.3 Å². The number of carbonyl (C=O) groups excluding carboxylic acids is 1.